The van der Waals surface area contributed by atoms with Crippen LogP contribution in [-0.4, -0.2) is 67.0 Å². The summed E-state index contributed by atoms with van der Waals surface area (Å²) in [4.78, 5) is 28.8. The Hall–Kier alpha value is -2.67. The molecule has 2 heterocycles. The zero-order valence-electron chi connectivity index (χ0n) is 20.2. The van der Waals surface area contributed by atoms with Crippen LogP contribution < -0.4 is 10.2 Å². The smallest absolute Gasteiger partial charge is 0.282 e. The number of nitrogens with zero attached hydrogens (tertiary/aromatic N) is 3. The van der Waals surface area contributed by atoms with Gasteiger partial charge in [0.25, 0.3) is 16.1 Å². The number of alkyl halides is 2. The van der Waals surface area contributed by atoms with Crippen LogP contribution in [0.4, 0.5) is 18.9 Å². The molecule has 1 N–H and O–H groups in total. The first-order chi connectivity index (χ1) is 18.0. The molecule has 3 aliphatic rings. The van der Waals surface area contributed by atoms with E-state index in [9.17, 15) is 31.2 Å². The van der Waals surface area contributed by atoms with E-state index in [1.54, 1.807) is 12.1 Å². The lowest BCUT2D eigenvalue weighted by molar-refractivity contribution is -0.133. The van der Waals surface area contributed by atoms with E-state index in [0.29, 0.717) is 13.1 Å². The summed E-state index contributed by atoms with van der Waals surface area (Å²) in [5.74, 6) is -5.71. The molecule has 2 saturated heterocycles. The van der Waals surface area contributed by atoms with Gasteiger partial charge < -0.3 is 5.32 Å². The second-order valence-electron chi connectivity index (χ2n) is 9.83. The van der Waals surface area contributed by atoms with Crippen LogP contribution in [0.1, 0.15) is 30.9 Å². The molecule has 2 aromatic rings. The maximum Gasteiger partial charge on any atom is 0.282 e. The highest BCUT2D eigenvalue weighted by atomic mass is 35.5. The normalized spacial score (nSPS) is 22.5. The minimum absolute atomic E-state index is 0.0567. The Morgan fingerprint density at radius 3 is 2.39 bits per heavy atom. The van der Waals surface area contributed by atoms with Crippen molar-refractivity contribution >= 4 is 39.3 Å². The zero-order valence-corrected chi connectivity index (χ0v) is 21.8. The highest BCUT2D eigenvalue weighted by Crippen LogP contribution is 2.39. The Balaban J connectivity index is 1.51. The topological polar surface area (TPSA) is 89.8 Å². The zero-order chi connectivity index (χ0) is 27.2. The summed E-state index contributed by atoms with van der Waals surface area (Å²) in [6, 6.07) is 9.20. The summed E-state index contributed by atoms with van der Waals surface area (Å²) in [5.41, 5.74) is 0.281. The monoisotopic (exact) mass is 570 g/mol. The molecule has 3 fully saturated rings. The van der Waals surface area contributed by atoms with E-state index in [4.69, 9.17) is 11.6 Å². The van der Waals surface area contributed by atoms with Crippen molar-refractivity contribution in [3.63, 3.8) is 0 Å². The second kappa shape index (κ2) is 10.1. The molecule has 204 valence electrons. The largest absolute Gasteiger partial charge is 0.351 e. The van der Waals surface area contributed by atoms with E-state index in [0.717, 1.165) is 11.0 Å². The van der Waals surface area contributed by atoms with Crippen molar-refractivity contribution in [3.8, 4) is 0 Å². The molecule has 0 spiro atoms. The molecule has 0 bridgehead atoms. The Kier molecular flexibility index (Phi) is 7.18. The summed E-state index contributed by atoms with van der Waals surface area (Å²) in [6.45, 7) is 0.852. The molecule has 1 aliphatic carbocycles. The molecule has 0 radical (unpaired) electrons. The third-order valence-corrected chi connectivity index (χ3v) is 9.37. The number of halogens is 4. The number of rotatable bonds is 8. The number of hydrogen-bond acceptors (Lipinski definition) is 4. The Morgan fingerprint density at radius 1 is 1.05 bits per heavy atom. The first-order valence-corrected chi connectivity index (χ1v) is 14.0. The van der Waals surface area contributed by atoms with Crippen LogP contribution in [0.5, 0.6) is 0 Å². The van der Waals surface area contributed by atoms with E-state index in [2.05, 4.69) is 5.32 Å². The van der Waals surface area contributed by atoms with Crippen molar-refractivity contribution in [2.45, 2.75) is 37.3 Å². The van der Waals surface area contributed by atoms with Gasteiger partial charge in [-0.25, -0.2) is 13.2 Å². The predicted octanol–water partition coefficient (Wildman–Crippen LogP) is 3.35. The molecule has 2 aromatic carbocycles. The van der Waals surface area contributed by atoms with E-state index < -0.39 is 64.6 Å². The van der Waals surface area contributed by atoms with Crippen molar-refractivity contribution in [1.29, 1.82) is 0 Å². The minimum Gasteiger partial charge on any atom is -0.351 e. The van der Waals surface area contributed by atoms with Gasteiger partial charge in [0.1, 0.15) is 11.9 Å². The van der Waals surface area contributed by atoms with E-state index in [1.165, 1.54) is 38.9 Å². The van der Waals surface area contributed by atoms with Gasteiger partial charge >= 0.3 is 0 Å². The molecular weight excluding hydrogens is 545 g/mol. The fourth-order valence-electron chi connectivity index (χ4n) is 4.94. The summed E-state index contributed by atoms with van der Waals surface area (Å²) >= 11 is 6.44. The lowest BCUT2D eigenvalue weighted by Gasteiger charge is -2.38. The van der Waals surface area contributed by atoms with Crippen molar-refractivity contribution in [3.05, 3.63) is 64.9 Å². The van der Waals surface area contributed by atoms with Gasteiger partial charge in [0.2, 0.25) is 11.8 Å². The lowest BCUT2D eigenvalue weighted by atomic mass is 9.87. The third kappa shape index (κ3) is 5.40. The quantitative estimate of drug-likeness (QED) is 0.493. The Morgan fingerprint density at radius 2 is 1.76 bits per heavy atom. The van der Waals surface area contributed by atoms with Gasteiger partial charge in [0.15, 0.2) is 0 Å². The first-order valence-electron chi connectivity index (χ1n) is 12.2. The van der Waals surface area contributed by atoms with Gasteiger partial charge in [-0.15, -0.1) is 0 Å². The summed E-state index contributed by atoms with van der Waals surface area (Å²) < 4.78 is 69.2. The average Bonchev–Trinajstić information content (AvgIpc) is 3.58. The fraction of sp³-hybridized carbons (Fsp3) is 0.440. The van der Waals surface area contributed by atoms with Gasteiger partial charge in [-0.05, 0) is 30.7 Å². The SMILES string of the molecule is O=C(NC1CC(F)(F)C1)[C@@H](c1ccccc1Cl)N(C(=O)C1CCN(S(=O)(=O)N2CC2)C1)c1cccc(F)c1. The summed E-state index contributed by atoms with van der Waals surface area (Å²) in [6.07, 6.45) is -0.870. The summed E-state index contributed by atoms with van der Waals surface area (Å²) in [7, 11) is -3.68. The van der Waals surface area contributed by atoms with Gasteiger partial charge in [0, 0.05) is 61.3 Å². The van der Waals surface area contributed by atoms with Gasteiger partial charge in [-0.2, -0.15) is 17.0 Å². The average molecular weight is 571 g/mol. The van der Waals surface area contributed by atoms with Crippen LogP contribution in [0.2, 0.25) is 5.02 Å². The molecule has 5 rings (SSSR count). The predicted molar refractivity (Wildman–Crippen MR) is 134 cm³/mol. The molecule has 1 saturated carbocycles. The number of nitrogens with one attached hydrogen (secondary N) is 1. The maximum absolute atomic E-state index is 14.3. The number of hydrogen-bond donors (Lipinski definition) is 1. The fourth-order valence-corrected chi connectivity index (χ4v) is 6.75. The Bertz CT molecular complexity index is 1350. The highest BCUT2D eigenvalue weighted by molar-refractivity contribution is 7.87. The number of anilines is 1. The molecule has 1 unspecified atom stereocenters. The van der Waals surface area contributed by atoms with Gasteiger partial charge in [0.05, 0.1) is 5.92 Å². The first kappa shape index (κ1) is 26.9. The van der Waals surface area contributed by atoms with Crippen molar-refractivity contribution < 1.29 is 31.2 Å². The second-order valence-corrected chi connectivity index (χ2v) is 12.2. The van der Waals surface area contributed by atoms with Crippen LogP contribution in [0.3, 0.4) is 0 Å². The molecule has 0 aromatic heterocycles. The van der Waals surface area contributed by atoms with Crippen molar-refractivity contribution in [2.24, 2.45) is 5.92 Å². The highest BCUT2D eigenvalue weighted by Gasteiger charge is 2.48. The van der Waals surface area contributed by atoms with Crippen LogP contribution in [0.15, 0.2) is 48.5 Å². The molecule has 2 atom stereocenters. The minimum atomic E-state index is -3.68. The van der Waals surface area contributed by atoms with Gasteiger partial charge in [-0.1, -0.05) is 35.9 Å². The lowest BCUT2D eigenvalue weighted by Crippen LogP contribution is -2.54. The van der Waals surface area contributed by atoms with Crippen LogP contribution in [-0.2, 0) is 19.8 Å². The molecule has 8 nitrogen and oxygen atoms in total. The van der Waals surface area contributed by atoms with E-state index in [-0.39, 0.29) is 35.8 Å². The number of amides is 2. The molecule has 2 amide bonds. The van der Waals surface area contributed by atoms with Gasteiger partial charge in [-0.3, -0.25) is 14.5 Å². The Labute approximate surface area is 223 Å². The van der Waals surface area contributed by atoms with Crippen LogP contribution >= 0.6 is 11.6 Å². The standard InChI is InChI=1S/C25H26ClF3N4O4S/c26-21-7-2-1-6-20(21)22(23(34)30-18-13-25(28,29)14-18)33(19-5-3-4-17(27)12-19)24(35)16-8-9-32(15-16)38(36,37)31-10-11-31/h1-7,12,16,18,22H,8-11,13-15H2,(H,30,34)/t16?,22-/m1/s1. The molecule has 2 aliphatic heterocycles. The number of carbonyl (C=O) groups is 2. The van der Waals surface area contributed by atoms with Crippen LogP contribution in [0.25, 0.3) is 0 Å². The maximum atomic E-state index is 14.3. The third-order valence-electron chi connectivity index (χ3n) is 7.03. The van der Waals surface area contributed by atoms with E-state index >= 15 is 0 Å². The molecular formula is C25H26ClF3N4O4S. The number of carbonyl (C=O) groups excluding carboxylic acids is 2. The van der Waals surface area contributed by atoms with Crippen molar-refractivity contribution in [1.82, 2.24) is 13.9 Å². The summed E-state index contributed by atoms with van der Waals surface area (Å²) in [5, 5.41) is 2.74. The number of benzene rings is 2. The molecule has 13 heteroatoms. The molecule has 38 heavy (non-hydrogen) atoms. The van der Waals surface area contributed by atoms with E-state index in [1.807, 2.05) is 0 Å². The van der Waals surface area contributed by atoms with Crippen LogP contribution in [0, 0.1) is 11.7 Å². The van der Waals surface area contributed by atoms with Crippen molar-refractivity contribution in [2.75, 3.05) is 31.1 Å².